The second-order valence-electron chi connectivity index (χ2n) is 4.60. The van der Waals surface area contributed by atoms with Crippen LogP contribution in [0.25, 0.3) is 0 Å². The van der Waals surface area contributed by atoms with Crippen molar-refractivity contribution in [3.8, 4) is 0 Å². The maximum Gasteiger partial charge on any atom is 0.233 e. The van der Waals surface area contributed by atoms with Gasteiger partial charge in [-0.15, -0.1) is 0 Å². The van der Waals surface area contributed by atoms with E-state index in [4.69, 9.17) is 0 Å². The molecule has 0 spiro atoms. The number of sulfonamides is 1. The van der Waals surface area contributed by atoms with E-state index in [-0.39, 0.29) is 11.6 Å². The van der Waals surface area contributed by atoms with Crippen molar-refractivity contribution >= 4 is 15.8 Å². The Labute approximate surface area is 102 Å². The number of hydrogen-bond acceptors (Lipinski definition) is 4. The lowest BCUT2D eigenvalue weighted by Crippen LogP contribution is -2.20. The molecule has 96 valence electrons. The Kier molecular flexibility index (Phi) is 4.04. The maximum absolute atomic E-state index is 11.7. The standard InChI is InChI=1S/C11H18N2O3S/c14-17(15,13-11-6-8-16-12-11)9-7-10-4-2-1-3-5-10/h6,8,10H,1-5,7,9H2,(H,12,13). The number of anilines is 1. The van der Waals surface area contributed by atoms with E-state index < -0.39 is 10.0 Å². The third kappa shape index (κ3) is 4.03. The highest BCUT2D eigenvalue weighted by atomic mass is 32.2. The minimum Gasteiger partial charge on any atom is -0.363 e. The Morgan fingerprint density at radius 2 is 2.12 bits per heavy atom. The molecular weight excluding hydrogens is 240 g/mol. The van der Waals surface area contributed by atoms with Crippen LogP contribution in [-0.2, 0) is 10.0 Å². The molecule has 2 rings (SSSR count). The molecule has 0 unspecified atom stereocenters. The lowest BCUT2D eigenvalue weighted by Gasteiger charge is -2.21. The predicted octanol–water partition coefficient (Wildman–Crippen LogP) is 2.39. The van der Waals surface area contributed by atoms with E-state index in [9.17, 15) is 8.42 Å². The highest BCUT2D eigenvalue weighted by Crippen LogP contribution is 2.26. The molecule has 0 aromatic carbocycles. The molecule has 0 amide bonds. The SMILES string of the molecule is O=S(=O)(CCC1CCCCC1)Nc1ccon1. The second-order valence-corrected chi connectivity index (χ2v) is 6.44. The Morgan fingerprint density at radius 3 is 2.76 bits per heavy atom. The van der Waals surface area contributed by atoms with Gasteiger partial charge in [0.25, 0.3) is 0 Å². The average Bonchev–Trinajstić information content (AvgIpc) is 2.80. The lowest BCUT2D eigenvalue weighted by atomic mass is 9.88. The van der Waals surface area contributed by atoms with E-state index in [0.717, 1.165) is 6.42 Å². The van der Waals surface area contributed by atoms with Gasteiger partial charge in [-0.05, 0) is 12.3 Å². The molecule has 6 heteroatoms. The van der Waals surface area contributed by atoms with Crippen LogP contribution in [0.1, 0.15) is 38.5 Å². The molecule has 0 atom stereocenters. The van der Waals surface area contributed by atoms with Gasteiger partial charge in [-0.25, -0.2) is 8.42 Å². The smallest absolute Gasteiger partial charge is 0.233 e. The molecular formula is C11H18N2O3S. The van der Waals surface area contributed by atoms with Crippen molar-refractivity contribution in [3.63, 3.8) is 0 Å². The van der Waals surface area contributed by atoms with Crippen molar-refractivity contribution in [1.29, 1.82) is 0 Å². The summed E-state index contributed by atoms with van der Waals surface area (Å²) in [5.74, 6) is 0.996. The van der Waals surface area contributed by atoms with E-state index in [1.54, 1.807) is 0 Å². The molecule has 1 heterocycles. The summed E-state index contributed by atoms with van der Waals surface area (Å²) in [4.78, 5) is 0. The molecule has 0 saturated heterocycles. The van der Waals surface area contributed by atoms with Crippen LogP contribution in [0.15, 0.2) is 16.9 Å². The quantitative estimate of drug-likeness (QED) is 0.880. The summed E-state index contributed by atoms with van der Waals surface area (Å²) in [6, 6.07) is 1.50. The molecule has 1 aromatic rings. The minimum absolute atomic E-state index is 0.171. The average molecular weight is 258 g/mol. The van der Waals surface area contributed by atoms with Crippen LogP contribution in [-0.4, -0.2) is 19.3 Å². The van der Waals surface area contributed by atoms with Crippen LogP contribution < -0.4 is 4.72 Å². The highest BCUT2D eigenvalue weighted by Gasteiger charge is 2.18. The number of rotatable bonds is 5. The fourth-order valence-electron chi connectivity index (χ4n) is 2.27. The van der Waals surface area contributed by atoms with E-state index in [0.29, 0.717) is 5.92 Å². The first kappa shape index (κ1) is 12.4. The fraction of sp³-hybridized carbons (Fsp3) is 0.727. The lowest BCUT2D eigenvalue weighted by molar-refractivity contribution is 0.350. The normalized spacial score (nSPS) is 18.1. The first-order valence-electron chi connectivity index (χ1n) is 6.06. The van der Waals surface area contributed by atoms with Crippen LogP contribution in [0, 0.1) is 5.92 Å². The van der Waals surface area contributed by atoms with Gasteiger partial charge in [0.05, 0.1) is 5.75 Å². The van der Waals surface area contributed by atoms with Crippen molar-refractivity contribution in [1.82, 2.24) is 5.16 Å². The largest absolute Gasteiger partial charge is 0.363 e. The van der Waals surface area contributed by atoms with Gasteiger partial charge in [0.2, 0.25) is 10.0 Å². The number of nitrogens with one attached hydrogen (secondary N) is 1. The molecule has 0 aliphatic heterocycles. The van der Waals surface area contributed by atoms with E-state index in [1.165, 1.54) is 44.4 Å². The molecule has 0 radical (unpaired) electrons. The summed E-state index contributed by atoms with van der Waals surface area (Å²) in [5.41, 5.74) is 0. The topological polar surface area (TPSA) is 72.2 Å². The number of nitrogens with zero attached hydrogens (tertiary/aromatic N) is 1. The van der Waals surface area contributed by atoms with Gasteiger partial charge in [-0.3, -0.25) is 4.72 Å². The Balaban J connectivity index is 1.80. The molecule has 1 aromatic heterocycles. The summed E-state index contributed by atoms with van der Waals surface area (Å²) in [6.45, 7) is 0. The zero-order valence-electron chi connectivity index (χ0n) is 9.76. The minimum atomic E-state index is -3.28. The summed E-state index contributed by atoms with van der Waals surface area (Å²) in [7, 11) is -3.28. The molecule has 1 aliphatic carbocycles. The van der Waals surface area contributed by atoms with Gasteiger partial charge in [0, 0.05) is 6.07 Å². The monoisotopic (exact) mass is 258 g/mol. The van der Waals surface area contributed by atoms with Crippen molar-refractivity contribution in [2.24, 2.45) is 5.92 Å². The second kappa shape index (κ2) is 5.53. The fourth-order valence-corrected chi connectivity index (χ4v) is 3.44. The number of hydrogen-bond donors (Lipinski definition) is 1. The van der Waals surface area contributed by atoms with Gasteiger partial charge in [-0.1, -0.05) is 37.3 Å². The third-order valence-electron chi connectivity index (χ3n) is 3.22. The molecule has 1 aliphatic rings. The Morgan fingerprint density at radius 1 is 1.35 bits per heavy atom. The molecule has 1 saturated carbocycles. The van der Waals surface area contributed by atoms with E-state index in [1.807, 2.05) is 0 Å². The molecule has 1 fully saturated rings. The molecule has 1 N–H and O–H groups in total. The summed E-state index contributed by atoms with van der Waals surface area (Å²) in [5, 5.41) is 3.53. The van der Waals surface area contributed by atoms with E-state index in [2.05, 4.69) is 14.4 Å². The van der Waals surface area contributed by atoms with Crippen molar-refractivity contribution in [3.05, 3.63) is 12.3 Å². The summed E-state index contributed by atoms with van der Waals surface area (Å²) in [6.07, 6.45) is 8.19. The number of aromatic nitrogens is 1. The van der Waals surface area contributed by atoms with Gasteiger partial charge in [-0.2, -0.15) is 0 Å². The zero-order chi connectivity index (χ0) is 12.1. The third-order valence-corrected chi connectivity index (χ3v) is 4.51. The van der Waals surface area contributed by atoms with Gasteiger partial charge < -0.3 is 4.52 Å². The summed E-state index contributed by atoms with van der Waals surface area (Å²) < 4.78 is 30.5. The van der Waals surface area contributed by atoms with Crippen LogP contribution in [0.4, 0.5) is 5.82 Å². The Hall–Kier alpha value is -1.04. The molecule has 0 bridgehead atoms. The first-order chi connectivity index (χ1) is 8.16. The summed E-state index contributed by atoms with van der Waals surface area (Å²) >= 11 is 0. The van der Waals surface area contributed by atoms with Gasteiger partial charge in [0.15, 0.2) is 5.82 Å². The van der Waals surface area contributed by atoms with Crippen molar-refractivity contribution in [2.45, 2.75) is 38.5 Å². The predicted molar refractivity (Wildman–Crippen MR) is 65.1 cm³/mol. The Bertz CT molecular complexity index is 422. The van der Waals surface area contributed by atoms with Crippen molar-refractivity contribution in [2.75, 3.05) is 10.5 Å². The van der Waals surface area contributed by atoms with Crippen LogP contribution >= 0.6 is 0 Å². The molecule has 5 nitrogen and oxygen atoms in total. The highest BCUT2D eigenvalue weighted by molar-refractivity contribution is 7.92. The van der Waals surface area contributed by atoms with Crippen LogP contribution in [0.2, 0.25) is 0 Å². The van der Waals surface area contributed by atoms with Gasteiger partial charge in [0.1, 0.15) is 6.26 Å². The van der Waals surface area contributed by atoms with Crippen molar-refractivity contribution < 1.29 is 12.9 Å². The maximum atomic E-state index is 11.7. The molecule has 17 heavy (non-hydrogen) atoms. The van der Waals surface area contributed by atoms with Gasteiger partial charge >= 0.3 is 0 Å². The van der Waals surface area contributed by atoms with Crippen LogP contribution in [0.3, 0.4) is 0 Å². The zero-order valence-corrected chi connectivity index (χ0v) is 10.6. The van der Waals surface area contributed by atoms with E-state index >= 15 is 0 Å². The van der Waals surface area contributed by atoms with Crippen LogP contribution in [0.5, 0.6) is 0 Å². The first-order valence-corrected chi connectivity index (χ1v) is 7.72.